The molecule has 1 unspecified atom stereocenters. The number of benzene rings is 1. The Kier molecular flexibility index (Phi) is 6.65. The second-order valence-electron chi connectivity index (χ2n) is 7.91. The molecular formula is C24H24ClN3O5. The molecule has 172 valence electrons. The average Bonchev–Trinajstić information content (AvgIpc) is 3.10. The van der Waals surface area contributed by atoms with Crippen molar-refractivity contribution in [3.63, 3.8) is 0 Å². The topological polar surface area (TPSA) is 100 Å². The van der Waals surface area contributed by atoms with Gasteiger partial charge >= 0.3 is 6.09 Å². The standard InChI is InChI=1S/C24H24ClN3O5/c1-2-33-24(32)27-12-8-18(9-13-27)28-20(15-6-10-26-11-7-15)19(22(30)23(28)31)21(29)16-4-3-5-17(25)14-16/h3-7,10-11,14,18,20,29H,2,8-9,12-13H2,1H3/b21-19+. The Balaban J connectivity index is 1.72. The number of aliphatic hydroxyl groups excluding tert-OH is 1. The first-order valence-corrected chi connectivity index (χ1v) is 11.2. The Bertz CT molecular complexity index is 1100. The van der Waals surface area contributed by atoms with E-state index in [1.165, 1.54) is 4.90 Å². The van der Waals surface area contributed by atoms with Gasteiger partial charge in [0.1, 0.15) is 5.76 Å². The number of ketones is 1. The number of hydrogen-bond donors (Lipinski definition) is 1. The van der Waals surface area contributed by atoms with E-state index in [-0.39, 0.29) is 23.5 Å². The number of piperidine rings is 1. The summed E-state index contributed by atoms with van der Waals surface area (Å²) in [4.78, 5) is 45.6. The third-order valence-electron chi connectivity index (χ3n) is 5.98. The van der Waals surface area contributed by atoms with Gasteiger partial charge < -0.3 is 19.6 Å². The highest BCUT2D eigenvalue weighted by Gasteiger charge is 2.49. The molecule has 2 fully saturated rings. The number of pyridine rings is 1. The fourth-order valence-corrected chi connectivity index (χ4v) is 4.62. The SMILES string of the molecule is CCOC(=O)N1CCC(N2C(=O)C(=O)/C(=C(/O)c3cccc(Cl)c3)C2c2ccncc2)CC1. The molecule has 3 heterocycles. The van der Waals surface area contributed by atoms with Crippen LogP contribution in [0.5, 0.6) is 0 Å². The normalized spacial score (nSPS) is 20.8. The molecule has 2 amide bonds. The fourth-order valence-electron chi connectivity index (χ4n) is 4.43. The summed E-state index contributed by atoms with van der Waals surface area (Å²) < 4.78 is 5.07. The van der Waals surface area contributed by atoms with E-state index in [1.807, 2.05) is 0 Å². The minimum absolute atomic E-state index is 0.0151. The lowest BCUT2D eigenvalue weighted by Gasteiger charge is -2.38. The number of nitrogens with zero attached hydrogens (tertiary/aromatic N) is 3. The summed E-state index contributed by atoms with van der Waals surface area (Å²) >= 11 is 6.08. The van der Waals surface area contributed by atoms with E-state index in [0.717, 1.165) is 0 Å². The van der Waals surface area contributed by atoms with Crippen LogP contribution < -0.4 is 0 Å². The Morgan fingerprint density at radius 2 is 1.88 bits per heavy atom. The molecule has 8 nitrogen and oxygen atoms in total. The van der Waals surface area contributed by atoms with Gasteiger partial charge in [-0.2, -0.15) is 0 Å². The number of likely N-dealkylation sites (tertiary alicyclic amines) is 2. The molecule has 9 heteroatoms. The van der Waals surface area contributed by atoms with Crippen molar-refractivity contribution >= 4 is 35.1 Å². The Labute approximate surface area is 196 Å². The molecule has 0 saturated carbocycles. The second kappa shape index (κ2) is 9.62. The zero-order valence-corrected chi connectivity index (χ0v) is 18.9. The van der Waals surface area contributed by atoms with Crippen LogP contribution in [0.1, 0.15) is 36.9 Å². The molecule has 2 saturated heterocycles. The summed E-state index contributed by atoms with van der Waals surface area (Å²) in [6, 6.07) is 8.91. The number of aliphatic hydroxyl groups is 1. The maximum atomic E-state index is 13.2. The van der Waals surface area contributed by atoms with Gasteiger partial charge in [0, 0.05) is 42.1 Å². The van der Waals surface area contributed by atoms with Crippen molar-refractivity contribution in [3.8, 4) is 0 Å². The number of halogens is 1. The zero-order chi connectivity index (χ0) is 23.5. The van der Waals surface area contributed by atoms with Crippen LogP contribution in [-0.2, 0) is 14.3 Å². The van der Waals surface area contributed by atoms with Crippen molar-refractivity contribution in [1.82, 2.24) is 14.8 Å². The van der Waals surface area contributed by atoms with Gasteiger partial charge in [0.15, 0.2) is 0 Å². The van der Waals surface area contributed by atoms with E-state index < -0.39 is 17.7 Å². The van der Waals surface area contributed by atoms with Gasteiger partial charge in [0.05, 0.1) is 18.2 Å². The van der Waals surface area contributed by atoms with Crippen molar-refractivity contribution in [2.75, 3.05) is 19.7 Å². The number of carbonyl (C=O) groups excluding carboxylic acids is 3. The van der Waals surface area contributed by atoms with Crippen LogP contribution in [0.25, 0.3) is 5.76 Å². The number of carbonyl (C=O) groups is 3. The first kappa shape index (κ1) is 22.8. The number of rotatable bonds is 4. The fraction of sp³-hybridized carbons (Fsp3) is 0.333. The predicted octanol–water partition coefficient (Wildman–Crippen LogP) is 3.78. The summed E-state index contributed by atoms with van der Waals surface area (Å²) in [6.07, 6.45) is 3.76. The third-order valence-corrected chi connectivity index (χ3v) is 6.22. The van der Waals surface area contributed by atoms with Gasteiger partial charge in [-0.25, -0.2) is 4.79 Å². The van der Waals surface area contributed by atoms with Gasteiger partial charge in [0.25, 0.3) is 11.7 Å². The summed E-state index contributed by atoms with van der Waals surface area (Å²) in [5.41, 5.74) is 1.04. The van der Waals surface area contributed by atoms with Crippen molar-refractivity contribution in [3.05, 3.63) is 70.5 Å². The summed E-state index contributed by atoms with van der Waals surface area (Å²) in [5, 5.41) is 11.5. The molecule has 33 heavy (non-hydrogen) atoms. The number of hydrogen-bond acceptors (Lipinski definition) is 6. The molecule has 2 aromatic rings. The Morgan fingerprint density at radius 1 is 1.18 bits per heavy atom. The summed E-state index contributed by atoms with van der Waals surface area (Å²) in [6.45, 7) is 2.85. The summed E-state index contributed by atoms with van der Waals surface area (Å²) in [5.74, 6) is -1.69. The largest absolute Gasteiger partial charge is 0.507 e. The molecule has 0 bridgehead atoms. The molecule has 0 radical (unpaired) electrons. The molecule has 0 aliphatic carbocycles. The second-order valence-corrected chi connectivity index (χ2v) is 8.35. The lowest BCUT2D eigenvalue weighted by atomic mass is 9.94. The first-order chi connectivity index (χ1) is 15.9. The Morgan fingerprint density at radius 3 is 2.52 bits per heavy atom. The number of ether oxygens (including phenoxy) is 1. The molecule has 1 N–H and O–H groups in total. The molecule has 0 spiro atoms. The van der Waals surface area contributed by atoms with Crippen LogP contribution in [0.3, 0.4) is 0 Å². The first-order valence-electron chi connectivity index (χ1n) is 10.8. The van der Waals surface area contributed by atoms with Crippen molar-refractivity contribution in [2.24, 2.45) is 0 Å². The minimum atomic E-state index is -0.772. The summed E-state index contributed by atoms with van der Waals surface area (Å²) in [7, 11) is 0. The van der Waals surface area contributed by atoms with E-state index in [2.05, 4.69) is 4.98 Å². The highest BCUT2D eigenvalue weighted by molar-refractivity contribution is 6.46. The maximum Gasteiger partial charge on any atom is 0.409 e. The number of amides is 2. The smallest absolute Gasteiger partial charge is 0.409 e. The van der Waals surface area contributed by atoms with Crippen LogP contribution in [0, 0.1) is 0 Å². The van der Waals surface area contributed by atoms with Gasteiger partial charge in [-0.15, -0.1) is 0 Å². The van der Waals surface area contributed by atoms with Gasteiger partial charge in [-0.3, -0.25) is 14.6 Å². The molecule has 2 aliphatic rings. The predicted molar refractivity (Wildman–Crippen MR) is 121 cm³/mol. The number of Topliss-reactive ketones (excluding diaryl/α,β-unsaturated/α-hetero) is 1. The zero-order valence-electron chi connectivity index (χ0n) is 18.1. The van der Waals surface area contributed by atoms with Crippen LogP contribution in [0.15, 0.2) is 54.4 Å². The van der Waals surface area contributed by atoms with E-state index in [9.17, 15) is 19.5 Å². The monoisotopic (exact) mass is 469 g/mol. The van der Waals surface area contributed by atoms with E-state index in [0.29, 0.717) is 48.7 Å². The van der Waals surface area contributed by atoms with Crippen molar-refractivity contribution in [2.45, 2.75) is 31.8 Å². The Hall–Kier alpha value is -3.39. The lowest BCUT2D eigenvalue weighted by molar-refractivity contribution is -0.142. The maximum absolute atomic E-state index is 13.2. The molecule has 1 aromatic carbocycles. The minimum Gasteiger partial charge on any atom is -0.507 e. The van der Waals surface area contributed by atoms with E-state index in [4.69, 9.17) is 16.3 Å². The van der Waals surface area contributed by atoms with Crippen LogP contribution in [-0.4, -0.2) is 63.4 Å². The molecule has 4 rings (SSSR count). The highest BCUT2D eigenvalue weighted by Crippen LogP contribution is 2.42. The van der Waals surface area contributed by atoms with Gasteiger partial charge in [-0.05, 0) is 49.6 Å². The van der Waals surface area contributed by atoms with Crippen LogP contribution in [0.4, 0.5) is 4.79 Å². The van der Waals surface area contributed by atoms with E-state index >= 15 is 0 Å². The number of aromatic nitrogens is 1. The lowest BCUT2D eigenvalue weighted by Crippen LogP contribution is -2.48. The van der Waals surface area contributed by atoms with Crippen LogP contribution in [0.2, 0.25) is 5.02 Å². The quantitative estimate of drug-likeness (QED) is 0.415. The van der Waals surface area contributed by atoms with Gasteiger partial charge in [-0.1, -0.05) is 23.7 Å². The van der Waals surface area contributed by atoms with E-state index in [1.54, 1.807) is 60.6 Å². The molecule has 1 atom stereocenters. The van der Waals surface area contributed by atoms with Gasteiger partial charge in [0.2, 0.25) is 0 Å². The average molecular weight is 470 g/mol. The molecule has 2 aliphatic heterocycles. The van der Waals surface area contributed by atoms with Crippen molar-refractivity contribution in [1.29, 1.82) is 0 Å². The third kappa shape index (κ3) is 4.43. The van der Waals surface area contributed by atoms with Crippen LogP contribution >= 0.6 is 11.6 Å². The molecule has 1 aromatic heterocycles. The molecular weight excluding hydrogens is 446 g/mol. The van der Waals surface area contributed by atoms with Crippen molar-refractivity contribution < 1.29 is 24.2 Å². The highest BCUT2D eigenvalue weighted by atomic mass is 35.5.